The standard InChI is InChI=1S/C23H20FNO4/c24-17-11-9-16(10-12-17)14-27-20-6-2-1-5-19(20)23(26)25-13-18-15-28-21-7-3-4-8-22(21)29-18/h1-12,18H,13-15H2,(H,25,26)/t18-/m1/s1. The highest BCUT2D eigenvalue weighted by atomic mass is 19.1. The van der Waals surface area contributed by atoms with Crippen molar-refractivity contribution in [3.05, 3.63) is 89.7 Å². The summed E-state index contributed by atoms with van der Waals surface area (Å²) in [4.78, 5) is 12.7. The number of halogens is 1. The highest BCUT2D eigenvalue weighted by Crippen LogP contribution is 2.30. The molecular weight excluding hydrogens is 373 g/mol. The lowest BCUT2D eigenvalue weighted by molar-refractivity contribution is 0.0787. The summed E-state index contributed by atoms with van der Waals surface area (Å²) < 4.78 is 30.3. The molecule has 0 fully saturated rings. The van der Waals surface area contributed by atoms with Crippen LogP contribution in [0.25, 0.3) is 0 Å². The predicted octanol–water partition coefficient (Wildman–Crippen LogP) is 3.97. The Morgan fingerprint density at radius 2 is 1.72 bits per heavy atom. The summed E-state index contributed by atoms with van der Waals surface area (Å²) in [5.74, 6) is 1.27. The maximum atomic E-state index is 13.0. The second kappa shape index (κ2) is 8.65. The van der Waals surface area contributed by atoms with Crippen LogP contribution < -0.4 is 19.5 Å². The third-order valence-corrected chi connectivity index (χ3v) is 4.50. The predicted molar refractivity (Wildman–Crippen MR) is 106 cm³/mol. The van der Waals surface area contributed by atoms with E-state index in [1.807, 2.05) is 24.3 Å². The topological polar surface area (TPSA) is 56.8 Å². The Bertz CT molecular complexity index is 990. The van der Waals surface area contributed by atoms with Gasteiger partial charge in [0.1, 0.15) is 30.9 Å². The van der Waals surface area contributed by atoms with Crippen molar-refractivity contribution in [3.63, 3.8) is 0 Å². The van der Waals surface area contributed by atoms with E-state index in [-0.39, 0.29) is 24.4 Å². The molecule has 148 valence electrons. The minimum absolute atomic E-state index is 0.237. The van der Waals surface area contributed by atoms with E-state index in [0.29, 0.717) is 36.0 Å². The van der Waals surface area contributed by atoms with Crippen molar-refractivity contribution in [2.24, 2.45) is 0 Å². The molecule has 4 rings (SSSR count). The largest absolute Gasteiger partial charge is 0.488 e. The van der Waals surface area contributed by atoms with Gasteiger partial charge in [0.25, 0.3) is 5.91 Å². The Hall–Kier alpha value is -3.54. The van der Waals surface area contributed by atoms with Crippen molar-refractivity contribution in [2.75, 3.05) is 13.2 Å². The number of carbonyl (C=O) groups excluding carboxylic acids is 1. The Morgan fingerprint density at radius 1 is 1.00 bits per heavy atom. The van der Waals surface area contributed by atoms with Crippen LogP contribution >= 0.6 is 0 Å². The van der Waals surface area contributed by atoms with Gasteiger partial charge < -0.3 is 19.5 Å². The number of para-hydroxylation sites is 3. The summed E-state index contributed by atoms with van der Waals surface area (Å²) >= 11 is 0. The lowest BCUT2D eigenvalue weighted by atomic mass is 10.1. The van der Waals surface area contributed by atoms with Gasteiger partial charge in [0.05, 0.1) is 12.1 Å². The quantitative estimate of drug-likeness (QED) is 0.688. The normalized spacial score (nSPS) is 14.9. The molecule has 0 aliphatic carbocycles. The molecule has 0 saturated carbocycles. The SMILES string of the molecule is O=C(NC[C@@H]1COc2ccccc2O1)c1ccccc1OCc1ccc(F)cc1. The molecule has 5 nitrogen and oxygen atoms in total. The Morgan fingerprint density at radius 3 is 2.55 bits per heavy atom. The van der Waals surface area contributed by atoms with E-state index in [4.69, 9.17) is 14.2 Å². The molecule has 1 amide bonds. The van der Waals surface area contributed by atoms with Crippen LogP contribution in [0.15, 0.2) is 72.8 Å². The Kier molecular flexibility index (Phi) is 5.61. The van der Waals surface area contributed by atoms with Crippen molar-refractivity contribution in [1.29, 1.82) is 0 Å². The van der Waals surface area contributed by atoms with E-state index in [9.17, 15) is 9.18 Å². The molecule has 1 aliphatic heterocycles. The third-order valence-electron chi connectivity index (χ3n) is 4.50. The van der Waals surface area contributed by atoms with Crippen LogP contribution in [0.5, 0.6) is 17.2 Å². The molecule has 1 atom stereocenters. The maximum Gasteiger partial charge on any atom is 0.255 e. The zero-order chi connectivity index (χ0) is 20.1. The molecule has 0 bridgehead atoms. The number of nitrogens with one attached hydrogen (secondary N) is 1. The summed E-state index contributed by atoms with van der Waals surface area (Å²) in [6.45, 7) is 0.903. The molecule has 1 heterocycles. The highest BCUT2D eigenvalue weighted by molar-refractivity contribution is 5.96. The number of carbonyl (C=O) groups is 1. The molecule has 0 spiro atoms. The first kappa shape index (κ1) is 18.8. The van der Waals surface area contributed by atoms with Crippen LogP contribution in [0.3, 0.4) is 0 Å². The van der Waals surface area contributed by atoms with Gasteiger partial charge in [-0.2, -0.15) is 0 Å². The number of hydrogen-bond donors (Lipinski definition) is 1. The summed E-state index contributed by atoms with van der Waals surface area (Å²) in [5.41, 5.74) is 1.24. The minimum atomic E-state index is -0.301. The second-order valence-corrected chi connectivity index (χ2v) is 6.62. The van der Waals surface area contributed by atoms with Gasteiger partial charge in [-0.05, 0) is 42.0 Å². The highest BCUT2D eigenvalue weighted by Gasteiger charge is 2.22. The van der Waals surface area contributed by atoms with Crippen LogP contribution in [-0.2, 0) is 6.61 Å². The molecule has 1 N–H and O–H groups in total. The summed E-state index contributed by atoms with van der Waals surface area (Å²) in [7, 11) is 0. The monoisotopic (exact) mass is 393 g/mol. The molecule has 0 unspecified atom stereocenters. The second-order valence-electron chi connectivity index (χ2n) is 6.62. The van der Waals surface area contributed by atoms with Gasteiger partial charge in [-0.15, -0.1) is 0 Å². The average molecular weight is 393 g/mol. The lowest BCUT2D eigenvalue weighted by Gasteiger charge is -2.26. The first-order valence-electron chi connectivity index (χ1n) is 9.32. The fourth-order valence-corrected chi connectivity index (χ4v) is 2.99. The fraction of sp³-hybridized carbons (Fsp3) is 0.174. The van der Waals surface area contributed by atoms with Gasteiger partial charge >= 0.3 is 0 Å². The molecule has 0 aromatic heterocycles. The summed E-state index contributed by atoms with van der Waals surface area (Å²) in [5, 5.41) is 2.87. The number of benzene rings is 3. The smallest absolute Gasteiger partial charge is 0.255 e. The average Bonchev–Trinajstić information content (AvgIpc) is 2.77. The molecular formula is C23H20FNO4. The first-order chi connectivity index (χ1) is 14.2. The van der Waals surface area contributed by atoms with Crippen LogP contribution in [0.1, 0.15) is 15.9 Å². The fourth-order valence-electron chi connectivity index (χ4n) is 2.99. The number of rotatable bonds is 6. The van der Waals surface area contributed by atoms with Gasteiger partial charge in [-0.25, -0.2) is 4.39 Å². The number of hydrogen-bond acceptors (Lipinski definition) is 4. The number of ether oxygens (including phenoxy) is 3. The van der Waals surface area contributed by atoms with E-state index in [2.05, 4.69) is 5.32 Å². The molecule has 3 aromatic rings. The van der Waals surface area contributed by atoms with Crippen molar-refractivity contribution < 1.29 is 23.4 Å². The van der Waals surface area contributed by atoms with Gasteiger partial charge in [-0.1, -0.05) is 36.4 Å². The van der Waals surface area contributed by atoms with Crippen molar-refractivity contribution >= 4 is 5.91 Å². The van der Waals surface area contributed by atoms with E-state index in [0.717, 1.165) is 5.56 Å². The molecule has 3 aromatic carbocycles. The van der Waals surface area contributed by atoms with Crippen LogP contribution in [0.4, 0.5) is 4.39 Å². The first-order valence-corrected chi connectivity index (χ1v) is 9.32. The maximum absolute atomic E-state index is 13.0. The zero-order valence-corrected chi connectivity index (χ0v) is 15.6. The summed E-state index contributed by atoms with van der Waals surface area (Å²) in [6, 6.07) is 20.5. The van der Waals surface area contributed by atoms with Crippen LogP contribution in [0, 0.1) is 5.82 Å². The summed E-state index contributed by atoms with van der Waals surface area (Å²) in [6.07, 6.45) is -0.277. The van der Waals surface area contributed by atoms with Crippen molar-refractivity contribution in [2.45, 2.75) is 12.7 Å². The van der Waals surface area contributed by atoms with E-state index < -0.39 is 0 Å². The minimum Gasteiger partial charge on any atom is -0.488 e. The van der Waals surface area contributed by atoms with Gasteiger partial charge in [0.15, 0.2) is 11.5 Å². The zero-order valence-electron chi connectivity index (χ0n) is 15.6. The van der Waals surface area contributed by atoms with Crippen molar-refractivity contribution in [1.82, 2.24) is 5.32 Å². The van der Waals surface area contributed by atoms with E-state index in [1.54, 1.807) is 36.4 Å². The third kappa shape index (κ3) is 4.66. The lowest BCUT2D eigenvalue weighted by Crippen LogP contribution is -2.40. The van der Waals surface area contributed by atoms with E-state index >= 15 is 0 Å². The molecule has 0 saturated heterocycles. The van der Waals surface area contributed by atoms with Gasteiger partial charge in [0, 0.05) is 0 Å². The molecule has 29 heavy (non-hydrogen) atoms. The molecule has 0 radical (unpaired) electrons. The van der Waals surface area contributed by atoms with Crippen molar-refractivity contribution in [3.8, 4) is 17.2 Å². The number of fused-ring (bicyclic) bond motifs is 1. The van der Waals surface area contributed by atoms with Crippen LogP contribution in [-0.4, -0.2) is 25.2 Å². The van der Waals surface area contributed by atoms with Crippen LogP contribution in [0.2, 0.25) is 0 Å². The van der Waals surface area contributed by atoms with Gasteiger partial charge in [0.2, 0.25) is 0 Å². The van der Waals surface area contributed by atoms with E-state index in [1.165, 1.54) is 12.1 Å². The number of amides is 1. The molecule has 6 heteroatoms. The van der Waals surface area contributed by atoms with Gasteiger partial charge in [-0.3, -0.25) is 4.79 Å². The Balaban J connectivity index is 1.36. The molecule has 1 aliphatic rings. The Labute approximate surface area is 168 Å².